The van der Waals surface area contributed by atoms with Crippen molar-refractivity contribution in [3.63, 3.8) is 0 Å². The first kappa shape index (κ1) is 23.7. The summed E-state index contributed by atoms with van der Waals surface area (Å²) in [6.45, 7) is 3.21. The van der Waals surface area contributed by atoms with Gasteiger partial charge in [-0.3, -0.25) is 14.3 Å². The van der Waals surface area contributed by atoms with Gasteiger partial charge in [-0.15, -0.1) is 0 Å². The van der Waals surface area contributed by atoms with Gasteiger partial charge in [-0.25, -0.2) is 4.79 Å². The molecule has 4 rings (SSSR count). The molecule has 0 spiro atoms. The third-order valence-electron chi connectivity index (χ3n) is 5.46. The van der Waals surface area contributed by atoms with E-state index in [-0.39, 0.29) is 17.3 Å². The minimum atomic E-state index is -1.04. The van der Waals surface area contributed by atoms with E-state index < -0.39 is 18.1 Å². The maximum absolute atomic E-state index is 13.1. The molecule has 34 heavy (non-hydrogen) atoms. The number of hydrogen-bond donors (Lipinski definition) is 0. The van der Waals surface area contributed by atoms with Crippen LogP contribution in [0, 0.1) is 0 Å². The van der Waals surface area contributed by atoms with Crippen molar-refractivity contribution in [3.8, 4) is 0 Å². The van der Waals surface area contributed by atoms with Crippen LogP contribution in [-0.2, 0) is 4.74 Å². The fourth-order valence-electron chi connectivity index (χ4n) is 3.62. The molecule has 0 aliphatic rings. The lowest BCUT2D eigenvalue weighted by Crippen LogP contribution is -2.25. The van der Waals surface area contributed by atoms with E-state index in [1.807, 2.05) is 0 Å². The van der Waals surface area contributed by atoms with Crippen LogP contribution < -0.4 is 0 Å². The number of aromatic nitrogens is 2. The Labute approximate surface area is 206 Å². The largest absolute Gasteiger partial charge is 0.449 e. The summed E-state index contributed by atoms with van der Waals surface area (Å²) in [7, 11) is 0. The van der Waals surface area contributed by atoms with Crippen molar-refractivity contribution >= 4 is 51.6 Å². The number of ether oxygens (including phenoxy) is 1. The topological polar surface area (TPSA) is 78.3 Å². The Morgan fingerprint density at radius 3 is 1.91 bits per heavy atom. The van der Waals surface area contributed by atoms with Crippen LogP contribution in [-0.4, -0.2) is 33.4 Å². The van der Waals surface area contributed by atoms with Crippen molar-refractivity contribution in [2.75, 3.05) is 0 Å². The van der Waals surface area contributed by atoms with Crippen molar-refractivity contribution in [2.24, 2.45) is 0 Å². The zero-order valence-electron chi connectivity index (χ0n) is 18.4. The second-order valence-corrected chi connectivity index (χ2v) is 8.65. The zero-order valence-corrected chi connectivity index (χ0v) is 19.9. The fraction of sp³-hybridized carbons (Fsp3) is 0.154. The maximum Gasteiger partial charge on any atom is 0.360 e. The summed E-state index contributed by atoms with van der Waals surface area (Å²) in [6.07, 6.45) is -1.04. The lowest BCUT2D eigenvalue weighted by atomic mass is 10.1. The molecule has 0 saturated heterocycles. The van der Waals surface area contributed by atoms with Crippen LogP contribution in [0.3, 0.4) is 0 Å². The van der Waals surface area contributed by atoms with Gasteiger partial charge in [-0.2, -0.15) is 5.10 Å². The monoisotopic (exact) mass is 494 g/mol. The number of para-hydroxylation sites is 1. The van der Waals surface area contributed by atoms with Gasteiger partial charge in [-0.05, 0) is 68.4 Å². The highest BCUT2D eigenvalue weighted by Gasteiger charge is 2.27. The molecule has 172 valence electrons. The van der Waals surface area contributed by atoms with E-state index in [9.17, 15) is 14.4 Å². The predicted molar refractivity (Wildman–Crippen MR) is 131 cm³/mol. The molecule has 6 nitrogen and oxygen atoms in total. The minimum Gasteiger partial charge on any atom is -0.449 e. The van der Waals surface area contributed by atoms with E-state index in [1.165, 1.54) is 11.6 Å². The van der Waals surface area contributed by atoms with E-state index in [4.69, 9.17) is 27.9 Å². The van der Waals surface area contributed by atoms with E-state index in [2.05, 4.69) is 5.10 Å². The number of fused-ring (bicyclic) bond motifs is 1. The lowest BCUT2D eigenvalue weighted by Gasteiger charge is -2.13. The Bertz CT molecular complexity index is 1380. The molecule has 1 aromatic heterocycles. The summed E-state index contributed by atoms with van der Waals surface area (Å²) in [4.78, 5) is 38.7. The van der Waals surface area contributed by atoms with Gasteiger partial charge in [0.05, 0.1) is 5.52 Å². The molecule has 0 aliphatic heterocycles. The molecule has 0 aliphatic carbocycles. The Hall–Kier alpha value is -3.48. The maximum atomic E-state index is 13.1. The van der Waals surface area contributed by atoms with Crippen LogP contribution >= 0.6 is 23.2 Å². The predicted octanol–water partition coefficient (Wildman–Crippen LogP) is 6.22. The molecule has 0 bridgehead atoms. The molecule has 2 atom stereocenters. The molecule has 3 aromatic carbocycles. The summed E-state index contributed by atoms with van der Waals surface area (Å²) < 4.78 is 6.94. The third-order valence-corrected chi connectivity index (χ3v) is 5.97. The first-order chi connectivity index (χ1) is 16.3. The molecule has 4 aromatic rings. The van der Waals surface area contributed by atoms with Crippen LogP contribution in [0.2, 0.25) is 10.0 Å². The second kappa shape index (κ2) is 9.79. The zero-order chi connectivity index (χ0) is 24.4. The van der Waals surface area contributed by atoms with Crippen molar-refractivity contribution in [1.82, 2.24) is 9.78 Å². The Morgan fingerprint density at radius 2 is 1.32 bits per heavy atom. The number of esters is 1. The third kappa shape index (κ3) is 4.74. The molecule has 8 heteroatoms. The van der Waals surface area contributed by atoms with Gasteiger partial charge in [0.25, 0.3) is 0 Å². The van der Waals surface area contributed by atoms with Gasteiger partial charge in [0.2, 0.25) is 5.78 Å². The molecule has 0 saturated carbocycles. The quantitative estimate of drug-likeness (QED) is 0.225. The van der Waals surface area contributed by atoms with E-state index in [0.717, 1.165) is 0 Å². The van der Waals surface area contributed by atoms with E-state index in [1.54, 1.807) is 79.7 Å². The van der Waals surface area contributed by atoms with Gasteiger partial charge >= 0.3 is 5.97 Å². The van der Waals surface area contributed by atoms with Crippen LogP contribution in [0.25, 0.3) is 10.9 Å². The van der Waals surface area contributed by atoms with Gasteiger partial charge < -0.3 is 4.74 Å². The standard InChI is InChI=1S/C26H20Cl2N2O4/c1-15(24(31)17-7-11-19(27)12-8-17)30-22-6-4-3-5-21(22)23(29-30)26(33)34-16(2)25(32)18-9-13-20(28)14-10-18/h3-16H,1-2H3/t15-,16+/m0/s1. The number of carbonyl (C=O) groups is 3. The number of Topliss-reactive ketones (excluding diaryl/α,β-unsaturated/α-hetero) is 2. The SMILES string of the molecule is C[C@@H](OC(=O)c1nn([C@@H](C)C(=O)c2ccc(Cl)cc2)c2ccccc12)C(=O)c1ccc(Cl)cc1. The number of carbonyl (C=O) groups excluding carboxylic acids is 3. The first-order valence-corrected chi connectivity index (χ1v) is 11.3. The van der Waals surface area contributed by atoms with Crippen molar-refractivity contribution in [1.29, 1.82) is 0 Å². The van der Waals surface area contributed by atoms with Crippen LogP contribution in [0.5, 0.6) is 0 Å². The normalized spacial score (nSPS) is 12.8. The first-order valence-electron chi connectivity index (χ1n) is 10.5. The van der Waals surface area contributed by atoms with E-state index in [0.29, 0.717) is 32.1 Å². The number of ketones is 2. The number of hydrogen-bond acceptors (Lipinski definition) is 5. The summed E-state index contributed by atoms with van der Waals surface area (Å²) in [5, 5.41) is 5.97. The summed E-state index contributed by atoms with van der Waals surface area (Å²) >= 11 is 11.8. The smallest absolute Gasteiger partial charge is 0.360 e. The average molecular weight is 495 g/mol. The van der Waals surface area contributed by atoms with Crippen LogP contribution in [0.15, 0.2) is 72.8 Å². The fourth-order valence-corrected chi connectivity index (χ4v) is 3.87. The van der Waals surface area contributed by atoms with Crippen molar-refractivity contribution in [2.45, 2.75) is 26.0 Å². The highest BCUT2D eigenvalue weighted by atomic mass is 35.5. The molecule has 0 fully saturated rings. The molecule has 0 amide bonds. The Morgan fingerprint density at radius 1 is 0.794 bits per heavy atom. The Balaban J connectivity index is 1.61. The van der Waals surface area contributed by atoms with Gasteiger partial charge in [0.1, 0.15) is 6.04 Å². The molecular weight excluding hydrogens is 475 g/mol. The molecule has 0 radical (unpaired) electrons. The Kier molecular flexibility index (Phi) is 6.82. The van der Waals surface area contributed by atoms with Gasteiger partial charge in [0.15, 0.2) is 17.6 Å². The summed E-state index contributed by atoms with van der Waals surface area (Å²) in [5.74, 6) is -1.30. The number of halogens is 2. The number of nitrogens with zero attached hydrogens (tertiary/aromatic N) is 2. The van der Waals surface area contributed by atoms with Crippen molar-refractivity contribution in [3.05, 3.63) is 99.7 Å². The second-order valence-electron chi connectivity index (χ2n) is 7.78. The number of rotatable bonds is 7. The summed E-state index contributed by atoms with van der Waals surface area (Å²) in [6, 6.07) is 19.3. The van der Waals surface area contributed by atoms with Gasteiger partial charge in [0, 0.05) is 26.6 Å². The van der Waals surface area contributed by atoms with Gasteiger partial charge in [-0.1, -0.05) is 41.4 Å². The van der Waals surface area contributed by atoms with Crippen molar-refractivity contribution < 1.29 is 19.1 Å². The molecular formula is C26H20Cl2N2O4. The van der Waals surface area contributed by atoms with Crippen LogP contribution in [0.4, 0.5) is 0 Å². The molecule has 0 unspecified atom stereocenters. The lowest BCUT2D eigenvalue weighted by molar-refractivity contribution is 0.0313. The molecule has 0 N–H and O–H groups in total. The highest BCUT2D eigenvalue weighted by Crippen LogP contribution is 2.25. The van der Waals surface area contributed by atoms with Crippen LogP contribution in [0.1, 0.15) is 51.1 Å². The molecule has 1 heterocycles. The summed E-state index contributed by atoms with van der Waals surface area (Å²) in [5.41, 5.74) is 1.48. The minimum absolute atomic E-state index is 0.0297. The number of benzene rings is 3. The van der Waals surface area contributed by atoms with E-state index >= 15 is 0 Å². The average Bonchev–Trinajstić information content (AvgIpc) is 3.23. The highest BCUT2D eigenvalue weighted by molar-refractivity contribution is 6.31.